The van der Waals surface area contributed by atoms with E-state index < -0.39 is 5.97 Å². The van der Waals surface area contributed by atoms with Crippen LogP contribution in [0.3, 0.4) is 0 Å². The molecule has 2 unspecified atom stereocenters. The maximum absolute atomic E-state index is 12.5. The van der Waals surface area contributed by atoms with Crippen molar-refractivity contribution < 1.29 is 14.7 Å². The van der Waals surface area contributed by atoms with Gasteiger partial charge in [-0.15, -0.1) is 0 Å². The molecule has 128 valence electrons. The summed E-state index contributed by atoms with van der Waals surface area (Å²) in [6.45, 7) is 7.83. The van der Waals surface area contributed by atoms with Crippen LogP contribution in [0.15, 0.2) is 0 Å². The number of carboxylic acid groups (broad SMARTS) is 1. The molecule has 1 heterocycles. The molecule has 0 aromatic carbocycles. The van der Waals surface area contributed by atoms with E-state index in [1.807, 2.05) is 39.8 Å². The highest BCUT2D eigenvalue weighted by molar-refractivity contribution is 5.81. The molecule has 0 aliphatic carbocycles. The molecule has 6 nitrogen and oxygen atoms in total. The van der Waals surface area contributed by atoms with Crippen LogP contribution in [0.1, 0.15) is 40.0 Å². The molecule has 1 N–H and O–H groups in total. The second kappa shape index (κ2) is 8.48. The summed E-state index contributed by atoms with van der Waals surface area (Å²) in [5, 5.41) is 8.91. The number of carboxylic acids is 1. The molecule has 0 aromatic heterocycles. The number of carbonyl (C=O) groups excluding carboxylic acids is 1. The first-order valence-electron chi connectivity index (χ1n) is 8.16. The van der Waals surface area contributed by atoms with Gasteiger partial charge in [-0.1, -0.05) is 0 Å². The maximum atomic E-state index is 12.5. The minimum absolute atomic E-state index is 0.0786. The van der Waals surface area contributed by atoms with Crippen LogP contribution in [0.25, 0.3) is 0 Å². The van der Waals surface area contributed by atoms with Crippen LogP contribution < -0.4 is 0 Å². The number of amides is 1. The monoisotopic (exact) mass is 313 g/mol. The Labute approximate surface area is 134 Å². The zero-order chi connectivity index (χ0) is 16.9. The van der Waals surface area contributed by atoms with Gasteiger partial charge in [-0.2, -0.15) is 0 Å². The molecule has 0 aromatic rings. The summed E-state index contributed by atoms with van der Waals surface area (Å²) in [5.41, 5.74) is 0. The third kappa shape index (κ3) is 5.25. The zero-order valence-electron chi connectivity index (χ0n) is 14.6. The van der Waals surface area contributed by atoms with Crippen LogP contribution in [0, 0.1) is 0 Å². The van der Waals surface area contributed by atoms with Gasteiger partial charge in [0, 0.05) is 25.7 Å². The van der Waals surface area contributed by atoms with E-state index in [1.165, 1.54) is 0 Å². The summed E-state index contributed by atoms with van der Waals surface area (Å²) in [7, 11) is 3.72. The van der Waals surface area contributed by atoms with Gasteiger partial charge in [-0.25, -0.2) is 0 Å². The second-order valence-corrected chi connectivity index (χ2v) is 6.65. The van der Waals surface area contributed by atoms with E-state index in [9.17, 15) is 9.59 Å². The van der Waals surface area contributed by atoms with Gasteiger partial charge in [0.2, 0.25) is 5.91 Å². The largest absolute Gasteiger partial charge is 0.480 e. The molecule has 1 fully saturated rings. The number of likely N-dealkylation sites (N-methyl/N-ethyl adjacent to an activating group) is 2. The minimum atomic E-state index is -0.786. The van der Waals surface area contributed by atoms with Gasteiger partial charge in [-0.3, -0.25) is 19.4 Å². The van der Waals surface area contributed by atoms with E-state index in [2.05, 4.69) is 4.90 Å². The van der Waals surface area contributed by atoms with Gasteiger partial charge in [-0.05, 0) is 53.6 Å². The number of aliphatic carboxylic acids is 1. The standard InChI is InChI=1S/C16H31N3O3/c1-12(2)18(5)16(22)13(3)19-9-6-7-14(8-10-19)17(4)11-15(20)21/h12-14H,6-11H2,1-5H3,(H,20,21). The lowest BCUT2D eigenvalue weighted by Gasteiger charge is -2.32. The Morgan fingerprint density at radius 1 is 1.18 bits per heavy atom. The van der Waals surface area contributed by atoms with Gasteiger partial charge in [0.05, 0.1) is 12.6 Å². The molecule has 0 saturated carbocycles. The van der Waals surface area contributed by atoms with Crippen molar-refractivity contribution in [1.82, 2.24) is 14.7 Å². The Balaban J connectivity index is 2.58. The molecule has 0 spiro atoms. The fourth-order valence-corrected chi connectivity index (χ4v) is 2.98. The van der Waals surface area contributed by atoms with Crippen molar-refractivity contribution >= 4 is 11.9 Å². The maximum Gasteiger partial charge on any atom is 0.317 e. The molecule has 0 bridgehead atoms. The lowest BCUT2D eigenvalue weighted by molar-refractivity contribution is -0.138. The molecule has 0 radical (unpaired) electrons. The van der Waals surface area contributed by atoms with Crippen molar-refractivity contribution in [1.29, 1.82) is 0 Å². The van der Waals surface area contributed by atoms with E-state index in [4.69, 9.17) is 5.11 Å². The highest BCUT2D eigenvalue weighted by Gasteiger charge is 2.28. The van der Waals surface area contributed by atoms with Gasteiger partial charge < -0.3 is 10.0 Å². The van der Waals surface area contributed by atoms with Gasteiger partial charge in [0.25, 0.3) is 0 Å². The van der Waals surface area contributed by atoms with Crippen molar-refractivity contribution in [3.05, 3.63) is 0 Å². The lowest BCUT2D eigenvalue weighted by atomic mass is 10.1. The van der Waals surface area contributed by atoms with Crippen LogP contribution in [-0.4, -0.2) is 83.5 Å². The Morgan fingerprint density at radius 3 is 2.36 bits per heavy atom. The number of rotatable bonds is 6. The normalized spacial score (nSPS) is 21.7. The first-order chi connectivity index (χ1) is 10.2. The summed E-state index contributed by atoms with van der Waals surface area (Å²) in [5.74, 6) is -0.627. The van der Waals surface area contributed by atoms with E-state index >= 15 is 0 Å². The smallest absolute Gasteiger partial charge is 0.317 e. The van der Waals surface area contributed by atoms with Crippen LogP contribution in [0.5, 0.6) is 0 Å². The van der Waals surface area contributed by atoms with E-state index in [0.717, 1.165) is 32.4 Å². The summed E-state index contributed by atoms with van der Waals surface area (Å²) >= 11 is 0. The summed E-state index contributed by atoms with van der Waals surface area (Å²) < 4.78 is 0. The summed E-state index contributed by atoms with van der Waals surface area (Å²) in [4.78, 5) is 29.2. The SMILES string of the molecule is CC(C(=O)N(C)C(C)C)N1CCCC(N(C)CC(=O)O)CC1. The Hall–Kier alpha value is -1.14. The van der Waals surface area contributed by atoms with Crippen LogP contribution in [0.2, 0.25) is 0 Å². The Bertz CT molecular complexity index is 387. The van der Waals surface area contributed by atoms with Crippen LogP contribution in [0.4, 0.5) is 0 Å². The molecule has 1 rings (SSSR count). The first kappa shape index (κ1) is 18.9. The molecule has 2 atom stereocenters. The van der Waals surface area contributed by atoms with Crippen molar-refractivity contribution in [3.63, 3.8) is 0 Å². The second-order valence-electron chi connectivity index (χ2n) is 6.65. The van der Waals surface area contributed by atoms with Gasteiger partial charge >= 0.3 is 5.97 Å². The topological polar surface area (TPSA) is 64.1 Å². The van der Waals surface area contributed by atoms with E-state index in [-0.39, 0.29) is 30.6 Å². The van der Waals surface area contributed by atoms with Crippen molar-refractivity contribution in [2.45, 2.75) is 58.2 Å². The molecular weight excluding hydrogens is 282 g/mol. The third-order valence-corrected chi connectivity index (χ3v) is 4.77. The van der Waals surface area contributed by atoms with Crippen molar-refractivity contribution in [3.8, 4) is 0 Å². The first-order valence-corrected chi connectivity index (χ1v) is 8.16. The van der Waals surface area contributed by atoms with Crippen molar-refractivity contribution in [2.24, 2.45) is 0 Å². The Kier molecular flexibility index (Phi) is 7.29. The summed E-state index contributed by atoms with van der Waals surface area (Å²) in [6.07, 6.45) is 2.89. The highest BCUT2D eigenvalue weighted by atomic mass is 16.4. The molecule has 22 heavy (non-hydrogen) atoms. The van der Waals surface area contributed by atoms with Crippen LogP contribution >= 0.6 is 0 Å². The van der Waals surface area contributed by atoms with Gasteiger partial charge in [0.1, 0.15) is 0 Å². The van der Waals surface area contributed by atoms with Gasteiger partial charge in [0.15, 0.2) is 0 Å². The predicted octanol–water partition coefficient (Wildman–Crippen LogP) is 1.11. The minimum Gasteiger partial charge on any atom is -0.480 e. The number of likely N-dealkylation sites (tertiary alicyclic amines) is 1. The zero-order valence-corrected chi connectivity index (χ0v) is 14.6. The van der Waals surface area contributed by atoms with E-state index in [1.54, 1.807) is 4.90 Å². The van der Waals surface area contributed by atoms with Crippen molar-refractivity contribution in [2.75, 3.05) is 33.7 Å². The molecule has 6 heteroatoms. The molecular formula is C16H31N3O3. The molecule has 1 aliphatic rings. The average molecular weight is 313 g/mol. The number of carbonyl (C=O) groups is 2. The molecule has 1 saturated heterocycles. The number of hydrogen-bond donors (Lipinski definition) is 1. The van der Waals surface area contributed by atoms with E-state index in [0.29, 0.717) is 0 Å². The van der Waals surface area contributed by atoms with Crippen LogP contribution in [-0.2, 0) is 9.59 Å². The fraction of sp³-hybridized carbons (Fsp3) is 0.875. The number of hydrogen-bond acceptors (Lipinski definition) is 4. The molecule has 1 amide bonds. The average Bonchev–Trinajstić information content (AvgIpc) is 2.69. The summed E-state index contributed by atoms with van der Waals surface area (Å²) in [6, 6.07) is 0.374. The lowest BCUT2D eigenvalue weighted by Crippen LogP contribution is -2.48. The number of nitrogens with zero attached hydrogens (tertiary/aromatic N) is 3. The third-order valence-electron chi connectivity index (χ3n) is 4.77. The quantitative estimate of drug-likeness (QED) is 0.796. The molecule has 1 aliphatic heterocycles. The highest BCUT2D eigenvalue weighted by Crippen LogP contribution is 2.18. The predicted molar refractivity (Wildman–Crippen MR) is 86.8 cm³/mol. The fourth-order valence-electron chi connectivity index (χ4n) is 2.98. The Morgan fingerprint density at radius 2 is 1.82 bits per heavy atom.